The molecule has 0 bridgehead atoms. The molecule has 3 nitrogen and oxygen atoms in total. The van der Waals surface area contributed by atoms with Gasteiger partial charge in [0, 0.05) is 0 Å². The van der Waals surface area contributed by atoms with E-state index in [1.807, 2.05) is 73.7 Å². The predicted octanol–water partition coefficient (Wildman–Crippen LogP) is 4.70. The maximum Gasteiger partial charge on any atom is 0.312 e. The van der Waals surface area contributed by atoms with Crippen molar-refractivity contribution in [3.63, 3.8) is 0 Å². The molecule has 3 aromatic rings. The number of ether oxygens (including phenoxy) is 2. The predicted molar refractivity (Wildman–Crippen MR) is 95.2 cm³/mol. The number of benzene rings is 3. The molecule has 0 aliphatic heterocycles. The van der Waals surface area contributed by atoms with E-state index in [9.17, 15) is 4.79 Å². The smallest absolute Gasteiger partial charge is 0.312 e. The molecule has 0 N–H and O–H groups in total. The van der Waals surface area contributed by atoms with E-state index in [-0.39, 0.29) is 11.9 Å². The van der Waals surface area contributed by atoms with Gasteiger partial charge >= 0.3 is 5.97 Å². The van der Waals surface area contributed by atoms with Crippen molar-refractivity contribution >= 4 is 16.7 Å². The Morgan fingerprint density at radius 1 is 0.958 bits per heavy atom. The molecule has 1 atom stereocenters. The summed E-state index contributed by atoms with van der Waals surface area (Å²) in [5.41, 5.74) is 2.09. The second kappa shape index (κ2) is 7.18. The van der Waals surface area contributed by atoms with E-state index in [2.05, 4.69) is 0 Å². The summed E-state index contributed by atoms with van der Waals surface area (Å²) in [7, 11) is 1.41. The quantitative estimate of drug-likeness (QED) is 0.639. The molecule has 3 aromatic carbocycles. The molecule has 0 saturated carbocycles. The molecule has 0 aliphatic rings. The van der Waals surface area contributed by atoms with Crippen molar-refractivity contribution in [2.45, 2.75) is 19.4 Å². The minimum atomic E-state index is -0.270. The van der Waals surface area contributed by atoms with Crippen LogP contribution in [0.5, 0.6) is 5.75 Å². The molecule has 0 spiro atoms. The molecule has 0 aromatic heterocycles. The zero-order chi connectivity index (χ0) is 16.9. The van der Waals surface area contributed by atoms with Gasteiger partial charge in [0.1, 0.15) is 12.4 Å². The number of rotatable bonds is 5. The van der Waals surface area contributed by atoms with Gasteiger partial charge in [-0.05, 0) is 41.0 Å². The molecule has 0 saturated heterocycles. The lowest BCUT2D eigenvalue weighted by atomic mass is 9.98. The highest BCUT2D eigenvalue weighted by Crippen LogP contribution is 2.26. The number of methoxy groups -OCH3 is 1. The lowest BCUT2D eigenvalue weighted by Gasteiger charge is -2.11. The van der Waals surface area contributed by atoms with Crippen LogP contribution in [0.4, 0.5) is 0 Å². The SMILES string of the molecule is COC(=O)[C@@H](C)c1ccc2cc(OCc3ccccc3)ccc2c1. The average Bonchev–Trinajstić information content (AvgIpc) is 2.65. The Morgan fingerprint density at radius 3 is 2.42 bits per heavy atom. The van der Waals surface area contributed by atoms with E-state index < -0.39 is 0 Å². The summed E-state index contributed by atoms with van der Waals surface area (Å²) in [5.74, 6) is 0.339. The Kier molecular flexibility index (Phi) is 4.80. The van der Waals surface area contributed by atoms with Crippen LogP contribution < -0.4 is 4.74 Å². The largest absolute Gasteiger partial charge is 0.489 e. The lowest BCUT2D eigenvalue weighted by Crippen LogP contribution is -2.10. The molecule has 0 aliphatic carbocycles. The van der Waals surface area contributed by atoms with Crippen LogP contribution in [0.2, 0.25) is 0 Å². The van der Waals surface area contributed by atoms with Gasteiger partial charge < -0.3 is 9.47 Å². The summed E-state index contributed by atoms with van der Waals surface area (Å²) in [5, 5.41) is 2.16. The van der Waals surface area contributed by atoms with Crippen LogP contribution in [0, 0.1) is 0 Å². The maximum atomic E-state index is 11.7. The van der Waals surface area contributed by atoms with Crippen molar-refractivity contribution in [3.05, 3.63) is 77.9 Å². The van der Waals surface area contributed by atoms with Crippen molar-refractivity contribution < 1.29 is 14.3 Å². The third-order valence-corrected chi connectivity index (χ3v) is 4.14. The molecule has 122 valence electrons. The number of hydrogen-bond acceptors (Lipinski definition) is 3. The molecule has 0 unspecified atom stereocenters. The zero-order valence-corrected chi connectivity index (χ0v) is 13.9. The van der Waals surface area contributed by atoms with Crippen LogP contribution in [0.3, 0.4) is 0 Å². The Balaban J connectivity index is 1.78. The van der Waals surface area contributed by atoms with Crippen molar-refractivity contribution in [3.8, 4) is 5.75 Å². The second-order valence-electron chi connectivity index (χ2n) is 5.79. The number of carbonyl (C=O) groups excluding carboxylic acids is 1. The zero-order valence-electron chi connectivity index (χ0n) is 13.9. The number of fused-ring (bicyclic) bond motifs is 1. The first kappa shape index (κ1) is 16.1. The monoisotopic (exact) mass is 320 g/mol. The maximum absolute atomic E-state index is 11.7. The Hall–Kier alpha value is -2.81. The molecule has 0 amide bonds. The van der Waals surface area contributed by atoms with Gasteiger partial charge in [-0.15, -0.1) is 0 Å². The van der Waals surface area contributed by atoms with Gasteiger partial charge in [0.15, 0.2) is 0 Å². The fourth-order valence-electron chi connectivity index (χ4n) is 2.66. The van der Waals surface area contributed by atoms with Gasteiger partial charge in [-0.3, -0.25) is 4.79 Å². The highest BCUT2D eigenvalue weighted by molar-refractivity contribution is 5.86. The molecule has 24 heavy (non-hydrogen) atoms. The summed E-state index contributed by atoms with van der Waals surface area (Å²) >= 11 is 0. The first-order chi connectivity index (χ1) is 11.7. The van der Waals surface area contributed by atoms with E-state index >= 15 is 0 Å². The van der Waals surface area contributed by atoms with E-state index in [1.165, 1.54) is 7.11 Å². The summed E-state index contributed by atoms with van der Waals surface area (Å²) in [6.45, 7) is 2.40. The Morgan fingerprint density at radius 2 is 1.67 bits per heavy atom. The van der Waals surface area contributed by atoms with Gasteiger partial charge in [-0.1, -0.05) is 54.6 Å². The minimum absolute atomic E-state index is 0.225. The molecule has 0 fully saturated rings. The Bertz CT molecular complexity index is 840. The fourth-order valence-corrected chi connectivity index (χ4v) is 2.66. The van der Waals surface area contributed by atoms with Crippen LogP contribution >= 0.6 is 0 Å². The van der Waals surface area contributed by atoms with Crippen molar-refractivity contribution in [2.75, 3.05) is 7.11 Å². The van der Waals surface area contributed by atoms with E-state index in [1.54, 1.807) is 0 Å². The standard InChI is InChI=1S/C21H20O3/c1-15(21(22)23-2)17-8-9-19-13-20(11-10-18(19)12-17)24-14-16-6-4-3-5-7-16/h3-13,15H,14H2,1-2H3/t15-/m0/s1. The first-order valence-electron chi connectivity index (χ1n) is 7.95. The minimum Gasteiger partial charge on any atom is -0.489 e. The van der Waals surface area contributed by atoms with Crippen LogP contribution in [-0.4, -0.2) is 13.1 Å². The highest BCUT2D eigenvalue weighted by Gasteiger charge is 2.15. The highest BCUT2D eigenvalue weighted by atomic mass is 16.5. The van der Waals surface area contributed by atoms with Crippen molar-refractivity contribution in [1.82, 2.24) is 0 Å². The van der Waals surface area contributed by atoms with E-state index in [0.717, 1.165) is 27.6 Å². The van der Waals surface area contributed by atoms with Gasteiger partial charge in [-0.2, -0.15) is 0 Å². The fraction of sp³-hybridized carbons (Fsp3) is 0.190. The summed E-state index contributed by atoms with van der Waals surface area (Å²) in [6.07, 6.45) is 0. The van der Waals surface area contributed by atoms with Crippen LogP contribution in [0.25, 0.3) is 10.8 Å². The molecule has 0 heterocycles. The van der Waals surface area contributed by atoms with Gasteiger partial charge in [0.2, 0.25) is 0 Å². The van der Waals surface area contributed by atoms with Crippen LogP contribution in [0.1, 0.15) is 24.0 Å². The Labute approximate surface area is 141 Å². The third-order valence-electron chi connectivity index (χ3n) is 4.14. The third kappa shape index (κ3) is 3.57. The van der Waals surface area contributed by atoms with Crippen LogP contribution in [-0.2, 0) is 16.1 Å². The summed E-state index contributed by atoms with van der Waals surface area (Å²) in [6, 6.07) is 22.1. The van der Waals surface area contributed by atoms with Gasteiger partial charge in [-0.25, -0.2) is 0 Å². The molecule has 0 radical (unpaired) electrons. The van der Waals surface area contributed by atoms with E-state index in [4.69, 9.17) is 9.47 Å². The summed E-state index contributed by atoms with van der Waals surface area (Å²) < 4.78 is 10.7. The topological polar surface area (TPSA) is 35.5 Å². The molecular formula is C21H20O3. The second-order valence-corrected chi connectivity index (χ2v) is 5.79. The van der Waals surface area contributed by atoms with Crippen molar-refractivity contribution in [1.29, 1.82) is 0 Å². The van der Waals surface area contributed by atoms with Crippen LogP contribution in [0.15, 0.2) is 66.7 Å². The lowest BCUT2D eigenvalue weighted by molar-refractivity contribution is -0.141. The first-order valence-corrected chi connectivity index (χ1v) is 7.95. The van der Waals surface area contributed by atoms with Gasteiger partial charge in [0.05, 0.1) is 13.0 Å². The van der Waals surface area contributed by atoms with Gasteiger partial charge in [0.25, 0.3) is 0 Å². The normalized spacial score (nSPS) is 11.9. The molecule has 3 rings (SSSR count). The number of hydrogen-bond donors (Lipinski definition) is 0. The molecule has 3 heteroatoms. The average molecular weight is 320 g/mol. The van der Waals surface area contributed by atoms with E-state index in [0.29, 0.717) is 6.61 Å². The number of esters is 1. The number of carbonyl (C=O) groups is 1. The molecular weight excluding hydrogens is 300 g/mol. The van der Waals surface area contributed by atoms with Crippen molar-refractivity contribution in [2.24, 2.45) is 0 Å². The summed E-state index contributed by atoms with van der Waals surface area (Å²) in [4.78, 5) is 11.7.